The first kappa shape index (κ1) is 11.5. The molecule has 3 N–H and O–H groups in total. The highest BCUT2D eigenvalue weighted by molar-refractivity contribution is 4.98. The lowest BCUT2D eigenvalue weighted by Crippen LogP contribution is -2.53. The van der Waals surface area contributed by atoms with Crippen molar-refractivity contribution in [2.24, 2.45) is 5.84 Å². The summed E-state index contributed by atoms with van der Waals surface area (Å²) in [5.74, 6) is 8.20. The summed E-state index contributed by atoms with van der Waals surface area (Å²) in [4.78, 5) is 0. The maximum Gasteiger partial charge on any atom is 0.0844 e. The second kappa shape index (κ2) is 5.35. The van der Waals surface area contributed by atoms with Gasteiger partial charge in [0.25, 0.3) is 0 Å². The molecule has 1 aliphatic rings. The molecule has 3 nitrogen and oxygen atoms in total. The molecule has 0 saturated heterocycles. The monoisotopic (exact) mass is 196 g/mol. The molecule has 80 valence electrons. The number of methoxy groups -OCH3 is 1. The summed E-state index contributed by atoms with van der Waals surface area (Å²) in [6.45, 7) is 0. The number of nitrogens with one attached hydrogen (secondary N) is 1. The zero-order chi connectivity index (χ0) is 10.4. The molecule has 0 aromatic carbocycles. The van der Waals surface area contributed by atoms with Crippen LogP contribution in [0.1, 0.15) is 38.5 Å². The van der Waals surface area contributed by atoms with Gasteiger partial charge in [0, 0.05) is 13.5 Å². The molecule has 1 rings (SSSR count). The Morgan fingerprint density at radius 3 is 2.64 bits per heavy atom. The first-order chi connectivity index (χ1) is 6.79. The van der Waals surface area contributed by atoms with Gasteiger partial charge in [-0.1, -0.05) is 12.8 Å². The van der Waals surface area contributed by atoms with E-state index < -0.39 is 0 Å². The minimum Gasteiger partial charge on any atom is -0.377 e. The second-order valence-electron chi connectivity index (χ2n) is 3.94. The van der Waals surface area contributed by atoms with Crippen LogP contribution in [-0.4, -0.2) is 18.8 Å². The molecule has 1 fully saturated rings. The third-order valence-electron chi connectivity index (χ3n) is 3.27. The third-order valence-corrected chi connectivity index (χ3v) is 3.27. The highest BCUT2D eigenvalue weighted by Gasteiger charge is 2.40. The zero-order valence-electron chi connectivity index (χ0n) is 8.88. The van der Waals surface area contributed by atoms with E-state index >= 15 is 0 Å². The van der Waals surface area contributed by atoms with Crippen molar-refractivity contribution in [3.05, 3.63) is 0 Å². The van der Waals surface area contributed by atoms with Crippen molar-refractivity contribution in [2.45, 2.75) is 50.2 Å². The van der Waals surface area contributed by atoms with Crippen LogP contribution in [0.15, 0.2) is 0 Å². The van der Waals surface area contributed by atoms with Crippen molar-refractivity contribution >= 4 is 0 Å². The second-order valence-corrected chi connectivity index (χ2v) is 3.94. The van der Waals surface area contributed by atoms with E-state index in [2.05, 4.69) is 11.3 Å². The highest BCUT2D eigenvalue weighted by atomic mass is 16.5. The van der Waals surface area contributed by atoms with Crippen molar-refractivity contribution < 1.29 is 4.74 Å². The number of ether oxygens (including phenoxy) is 1. The van der Waals surface area contributed by atoms with Gasteiger partial charge in [-0.05, 0) is 19.3 Å². The van der Waals surface area contributed by atoms with Gasteiger partial charge in [0.15, 0.2) is 0 Å². The molecule has 0 aromatic heterocycles. The molecule has 0 amide bonds. The van der Waals surface area contributed by atoms with Crippen molar-refractivity contribution in [1.29, 1.82) is 0 Å². The number of hydrazine groups is 1. The van der Waals surface area contributed by atoms with E-state index in [-0.39, 0.29) is 11.6 Å². The van der Waals surface area contributed by atoms with Crippen LogP contribution in [0.3, 0.4) is 0 Å². The number of rotatable bonds is 5. The lowest BCUT2D eigenvalue weighted by Gasteiger charge is -2.35. The van der Waals surface area contributed by atoms with Gasteiger partial charge in [0.05, 0.1) is 11.6 Å². The van der Waals surface area contributed by atoms with Crippen LogP contribution in [0.5, 0.6) is 0 Å². The van der Waals surface area contributed by atoms with Crippen LogP contribution in [-0.2, 0) is 4.74 Å². The lowest BCUT2D eigenvalue weighted by atomic mass is 9.89. The predicted molar refractivity (Wildman–Crippen MR) is 57.4 cm³/mol. The topological polar surface area (TPSA) is 47.3 Å². The van der Waals surface area contributed by atoms with E-state index in [0.717, 1.165) is 25.7 Å². The minimum atomic E-state index is -0.0778. The Kier molecular flexibility index (Phi) is 4.40. The Balaban J connectivity index is 2.59. The number of hydrogen-bond donors (Lipinski definition) is 2. The van der Waals surface area contributed by atoms with Gasteiger partial charge < -0.3 is 4.74 Å². The van der Waals surface area contributed by atoms with E-state index in [1.165, 1.54) is 12.8 Å². The van der Waals surface area contributed by atoms with Crippen LogP contribution in [0, 0.1) is 12.3 Å². The summed E-state index contributed by atoms with van der Waals surface area (Å²) in [5, 5.41) is 0. The van der Waals surface area contributed by atoms with Gasteiger partial charge in [0.1, 0.15) is 0 Å². The molecule has 1 atom stereocenters. The quantitative estimate of drug-likeness (QED) is 0.394. The summed E-state index contributed by atoms with van der Waals surface area (Å²) in [6, 6.07) is 0.186. The summed E-state index contributed by atoms with van der Waals surface area (Å²) in [5.41, 5.74) is 2.77. The molecular formula is C11H20N2O. The van der Waals surface area contributed by atoms with E-state index in [4.69, 9.17) is 17.0 Å². The van der Waals surface area contributed by atoms with Crippen LogP contribution in [0.4, 0.5) is 0 Å². The van der Waals surface area contributed by atoms with Crippen LogP contribution >= 0.6 is 0 Å². The lowest BCUT2D eigenvalue weighted by molar-refractivity contribution is -0.0374. The maximum atomic E-state index is 5.64. The summed E-state index contributed by atoms with van der Waals surface area (Å²) in [6.07, 6.45) is 11.5. The molecule has 14 heavy (non-hydrogen) atoms. The summed E-state index contributed by atoms with van der Waals surface area (Å²) in [7, 11) is 1.77. The summed E-state index contributed by atoms with van der Waals surface area (Å²) < 4.78 is 5.64. The van der Waals surface area contributed by atoms with Crippen LogP contribution < -0.4 is 11.3 Å². The van der Waals surface area contributed by atoms with E-state index in [0.29, 0.717) is 0 Å². The Bertz CT molecular complexity index is 204. The zero-order valence-corrected chi connectivity index (χ0v) is 8.88. The molecular weight excluding hydrogens is 176 g/mol. The summed E-state index contributed by atoms with van der Waals surface area (Å²) >= 11 is 0. The average molecular weight is 196 g/mol. The standard InChI is InChI=1S/C11H20N2O/c1-3-4-7-10(13-12)11(14-2)8-5-6-9-11/h1,10,13H,4-9,12H2,2H3. The largest absolute Gasteiger partial charge is 0.377 e. The normalized spacial score (nSPS) is 21.8. The van der Waals surface area contributed by atoms with Gasteiger partial charge in [-0.3, -0.25) is 11.3 Å². The fraction of sp³-hybridized carbons (Fsp3) is 0.818. The first-order valence-corrected chi connectivity index (χ1v) is 5.24. The molecule has 0 bridgehead atoms. The Morgan fingerprint density at radius 1 is 1.57 bits per heavy atom. The molecule has 1 aliphatic carbocycles. The first-order valence-electron chi connectivity index (χ1n) is 5.24. The fourth-order valence-corrected chi connectivity index (χ4v) is 2.39. The van der Waals surface area contributed by atoms with Gasteiger partial charge in [-0.2, -0.15) is 0 Å². The van der Waals surface area contributed by atoms with E-state index in [9.17, 15) is 0 Å². The Hall–Kier alpha value is -0.560. The minimum absolute atomic E-state index is 0.0778. The van der Waals surface area contributed by atoms with Crippen molar-refractivity contribution in [3.8, 4) is 12.3 Å². The van der Waals surface area contributed by atoms with Crippen LogP contribution in [0.25, 0.3) is 0 Å². The molecule has 0 spiro atoms. The molecule has 0 aliphatic heterocycles. The van der Waals surface area contributed by atoms with Gasteiger partial charge in [-0.15, -0.1) is 12.3 Å². The van der Waals surface area contributed by atoms with Crippen molar-refractivity contribution in [2.75, 3.05) is 7.11 Å². The predicted octanol–water partition coefficient (Wildman–Crippen LogP) is 1.19. The van der Waals surface area contributed by atoms with Gasteiger partial charge in [-0.25, -0.2) is 0 Å². The fourth-order valence-electron chi connectivity index (χ4n) is 2.39. The Labute approximate surface area is 86.4 Å². The molecule has 0 heterocycles. The number of hydrogen-bond acceptors (Lipinski definition) is 3. The number of terminal acetylenes is 1. The van der Waals surface area contributed by atoms with Gasteiger partial charge in [0.2, 0.25) is 0 Å². The van der Waals surface area contributed by atoms with Crippen LogP contribution in [0.2, 0.25) is 0 Å². The maximum absolute atomic E-state index is 5.64. The Morgan fingerprint density at radius 2 is 2.21 bits per heavy atom. The molecule has 1 saturated carbocycles. The average Bonchev–Trinajstić information content (AvgIpc) is 2.69. The van der Waals surface area contributed by atoms with Crippen molar-refractivity contribution in [3.63, 3.8) is 0 Å². The molecule has 0 aromatic rings. The van der Waals surface area contributed by atoms with E-state index in [1.54, 1.807) is 7.11 Å². The van der Waals surface area contributed by atoms with E-state index in [1.807, 2.05) is 0 Å². The third kappa shape index (κ3) is 2.27. The SMILES string of the molecule is C#CCCC(NN)C1(OC)CCCC1. The molecule has 3 heteroatoms. The van der Waals surface area contributed by atoms with Crippen molar-refractivity contribution in [1.82, 2.24) is 5.43 Å². The molecule has 0 radical (unpaired) electrons. The highest BCUT2D eigenvalue weighted by Crippen LogP contribution is 2.36. The smallest absolute Gasteiger partial charge is 0.0844 e. The number of nitrogens with two attached hydrogens (primary N) is 1. The van der Waals surface area contributed by atoms with Gasteiger partial charge >= 0.3 is 0 Å². The molecule has 1 unspecified atom stereocenters.